The second kappa shape index (κ2) is 4.40. The van der Waals surface area contributed by atoms with E-state index in [1.54, 1.807) is 18.5 Å². The van der Waals surface area contributed by atoms with Crippen molar-refractivity contribution in [1.82, 2.24) is 15.2 Å². The predicted octanol–water partition coefficient (Wildman–Crippen LogP) is 0.515. The zero-order valence-electron chi connectivity index (χ0n) is 8.81. The van der Waals surface area contributed by atoms with Crippen molar-refractivity contribution in [2.75, 3.05) is 19.6 Å². The van der Waals surface area contributed by atoms with Gasteiger partial charge in [-0.25, -0.2) is 0 Å². The van der Waals surface area contributed by atoms with Gasteiger partial charge in [-0.15, -0.1) is 0 Å². The lowest BCUT2D eigenvalue weighted by atomic mass is 10.1. The van der Waals surface area contributed by atoms with Crippen molar-refractivity contribution in [3.63, 3.8) is 0 Å². The second-order valence-corrected chi connectivity index (χ2v) is 3.79. The number of pyridine rings is 1. The van der Waals surface area contributed by atoms with Crippen molar-refractivity contribution >= 4 is 5.91 Å². The summed E-state index contributed by atoms with van der Waals surface area (Å²) in [6, 6.07) is 3.86. The van der Waals surface area contributed by atoms with Gasteiger partial charge in [-0.3, -0.25) is 9.78 Å². The number of nitrogens with one attached hydrogen (secondary N) is 1. The first-order chi connectivity index (χ1) is 7.29. The maximum atomic E-state index is 12.1. The zero-order chi connectivity index (χ0) is 10.7. The summed E-state index contributed by atoms with van der Waals surface area (Å²) in [5, 5.41) is 3.26. The lowest BCUT2D eigenvalue weighted by Gasteiger charge is -2.33. The third kappa shape index (κ3) is 2.15. The molecule has 1 saturated heterocycles. The Morgan fingerprint density at radius 3 is 3.20 bits per heavy atom. The lowest BCUT2D eigenvalue weighted by Crippen LogP contribution is -2.52. The molecule has 1 amide bonds. The maximum absolute atomic E-state index is 12.1. The normalized spacial score (nSPS) is 21.4. The van der Waals surface area contributed by atoms with E-state index < -0.39 is 0 Å². The van der Waals surface area contributed by atoms with Gasteiger partial charge in [-0.05, 0) is 19.1 Å². The van der Waals surface area contributed by atoms with Crippen LogP contribution in [-0.4, -0.2) is 41.5 Å². The SMILES string of the molecule is C[C@@H]1CNCCN1C(=O)c1cccnc1. The molecule has 0 unspecified atom stereocenters. The van der Waals surface area contributed by atoms with Gasteiger partial charge >= 0.3 is 0 Å². The average molecular weight is 205 g/mol. The van der Waals surface area contributed by atoms with Gasteiger partial charge in [0.15, 0.2) is 0 Å². The Balaban J connectivity index is 2.13. The van der Waals surface area contributed by atoms with Gasteiger partial charge in [0.25, 0.3) is 5.91 Å². The molecule has 0 aliphatic carbocycles. The third-order valence-corrected chi connectivity index (χ3v) is 2.67. The molecule has 1 atom stereocenters. The molecule has 0 aromatic carbocycles. The van der Waals surface area contributed by atoms with Gasteiger partial charge in [-0.2, -0.15) is 0 Å². The second-order valence-electron chi connectivity index (χ2n) is 3.79. The number of hydrogen-bond acceptors (Lipinski definition) is 3. The van der Waals surface area contributed by atoms with Crippen LogP contribution in [0.1, 0.15) is 17.3 Å². The van der Waals surface area contributed by atoms with Crippen LogP contribution in [0.25, 0.3) is 0 Å². The van der Waals surface area contributed by atoms with Gasteiger partial charge in [-0.1, -0.05) is 0 Å². The minimum absolute atomic E-state index is 0.0806. The van der Waals surface area contributed by atoms with Gasteiger partial charge < -0.3 is 10.2 Å². The highest BCUT2D eigenvalue weighted by Gasteiger charge is 2.23. The smallest absolute Gasteiger partial charge is 0.255 e. The molecule has 1 aliphatic rings. The predicted molar refractivity (Wildman–Crippen MR) is 57.6 cm³/mol. The van der Waals surface area contributed by atoms with Crippen LogP contribution < -0.4 is 5.32 Å². The van der Waals surface area contributed by atoms with E-state index in [1.807, 2.05) is 11.0 Å². The van der Waals surface area contributed by atoms with Crippen LogP contribution in [0.5, 0.6) is 0 Å². The summed E-state index contributed by atoms with van der Waals surface area (Å²) in [5.74, 6) is 0.0806. The number of hydrogen-bond donors (Lipinski definition) is 1. The van der Waals surface area contributed by atoms with E-state index in [1.165, 1.54) is 0 Å². The van der Waals surface area contributed by atoms with Gasteiger partial charge in [0, 0.05) is 38.1 Å². The molecule has 1 fully saturated rings. The van der Waals surface area contributed by atoms with Gasteiger partial charge in [0.2, 0.25) is 0 Å². The molecule has 4 heteroatoms. The van der Waals surface area contributed by atoms with Crippen LogP contribution in [0.4, 0.5) is 0 Å². The van der Waals surface area contributed by atoms with Crippen molar-refractivity contribution < 1.29 is 4.79 Å². The Morgan fingerprint density at radius 2 is 2.53 bits per heavy atom. The van der Waals surface area contributed by atoms with Crippen molar-refractivity contribution in [1.29, 1.82) is 0 Å². The molecular formula is C11H15N3O. The summed E-state index contributed by atoms with van der Waals surface area (Å²) in [6.45, 7) is 4.57. The average Bonchev–Trinajstić information content (AvgIpc) is 2.30. The number of nitrogens with zero attached hydrogens (tertiary/aromatic N) is 2. The molecule has 4 nitrogen and oxygen atoms in total. The van der Waals surface area contributed by atoms with Crippen molar-refractivity contribution in [3.8, 4) is 0 Å². The quantitative estimate of drug-likeness (QED) is 0.727. The summed E-state index contributed by atoms with van der Waals surface area (Å²) in [5.41, 5.74) is 0.672. The first kappa shape index (κ1) is 10.1. The molecule has 0 bridgehead atoms. The molecule has 1 aliphatic heterocycles. The number of rotatable bonds is 1. The van der Waals surface area contributed by atoms with Crippen LogP contribution in [0.2, 0.25) is 0 Å². The van der Waals surface area contributed by atoms with Gasteiger partial charge in [0.05, 0.1) is 5.56 Å². The molecule has 80 valence electrons. The Kier molecular flexibility index (Phi) is 2.97. The minimum atomic E-state index is 0.0806. The summed E-state index contributed by atoms with van der Waals surface area (Å²) in [7, 11) is 0. The Labute approximate surface area is 89.3 Å². The topological polar surface area (TPSA) is 45.2 Å². The number of amides is 1. The summed E-state index contributed by atoms with van der Waals surface area (Å²) in [6.07, 6.45) is 3.30. The fraction of sp³-hybridized carbons (Fsp3) is 0.455. The molecule has 0 spiro atoms. The number of piperazine rings is 1. The molecule has 1 aromatic rings. The van der Waals surface area contributed by atoms with Crippen LogP contribution in [-0.2, 0) is 0 Å². The summed E-state index contributed by atoms with van der Waals surface area (Å²) < 4.78 is 0. The molecule has 0 radical (unpaired) electrons. The Bertz CT molecular complexity index is 339. The van der Waals surface area contributed by atoms with E-state index in [2.05, 4.69) is 17.2 Å². The summed E-state index contributed by atoms with van der Waals surface area (Å²) in [4.78, 5) is 17.9. The Morgan fingerprint density at radius 1 is 1.67 bits per heavy atom. The first-order valence-electron chi connectivity index (χ1n) is 5.21. The molecule has 1 aromatic heterocycles. The highest BCUT2D eigenvalue weighted by atomic mass is 16.2. The molecule has 2 heterocycles. The van der Waals surface area contributed by atoms with E-state index in [0.29, 0.717) is 5.56 Å². The molecular weight excluding hydrogens is 190 g/mol. The van der Waals surface area contributed by atoms with E-state index in [-0.39, 0.29) is 11.9 Å². The number of carbonyl (C=O) groups is 1. The van der Waals surface area contributed by atoms with Gasteiger partial charge in [0.1, 0.15) is 0 Å². The van der Waals surface area contributed by atoms with Crippen molar-refractivity contribution in [2.24, 2.45) is 0 Å². The fourth-order valence-corrected chi connectivity index (χ4v) is 1.80. The maximum Gasteiger partial charge on any atom is 0.255 e. The van der Waals surface area contributed by atoms with Crippen LogP contribution >= 0.6 is 0 Å². The Hall–Kier alpha value is -1.42. The van der Waals surface area contributed by atoms with E-state index >= 15 is 0 Å². The van der Waals surface area contributed by atoms with Crippen LogP contribution in [0.3, 0.4) is 0 Å². The lowest BCUT2D eigenvalue weighted by molar-refractivity contribution is 0.0655. The van der Waals surface area contributed by atoms with E-state index in [9.17, 15) is 4.79 Å². The third-order valence-electron chi connectivity index (χ3n) is 2.67. The summed E-state index contributed by atoms with van der Waals surface area (Å²) >= 11 is 0. The first-order valence-corrected chi connectivity index (χ1v) is 5.21. The minimum Gasteiger partial charge on any atom is -0.333 e. The number of aromatic nitrogens is 1. The molecule has 0 saturated carbocycles. The fourth-order valence-electron chi connectivity index (χ4n) is 1.80. The van der Waals surface area contributed by atoms with Crippen molar-refractivity contribution in [3.05, 3.63) is 30.1 Å². The molecule has 2 rings (SSSR count). The molecule has 1 N–H and O–H groups in total. The van der Waals surface area contributed by atoms with Crippen LogP contribution in [0, 0.1) is 0 Å². The highest BCUT2D eigenvalue weighted by Crippen LogP contribution is 2.08. The van der Waals surface area contributed by atoms with Crippen LogP contribution in [0.15, 0.2) is 24.5 Å². The van der Waals surface area contributed by atoms with E-state index in [4.69, 9.17) is 0 Å². The standard InChI is InChI=1S/C11H15N3O/c1-9-7-13-5-6-14(9)11(15)10-3-2-4-12-8-10/h2-4,8-9,13H,5-7H2,1H3/t9-/m1/s1. The zero-order valence-corrected chi connectivity index (χ0v) is 8.81. The highest BCUT2D eigenvalue weighted by molar-refractivity contribution is 5.94. The molecule has 15 heavy (non-hydrogen) atoms. The number of carbonyl (C=O) groups excluding carboxylic acids is 1. The van der Waals surface area contributed by atoms with E-state index in [0.717, 1.165) is 19.6 Å². The monoisotopic (exact) mass is 205 g/mol. The largest absolute Gasteiger partial charge is 0.333 e. The van der Waals surface area contributed by atoms with Crippen molar-refractivity contribution in [2.45, 2.75) is 13.0 Å².